The van der Waals surface area contributed by atoms with Gasteiger partial charge in [0.15, 0.2) is 0 Å². The van der Waals surface area contributed by atoms with Gasteiger partial charge in [-0.2, -0.15) is 0 Å². The van der Waals surface area contributed by atoms with Crippen LogP contribution in [-0.2, 0) is 27.2 Å². The van der Waals surface area contributed by atoms with Crippen LogP contribution in [0.5, 0.6) is 11.5 Å². The molecule has 24 heteroatoms. The van der Waals surface area contributed by atoms with Gasteiger partial charge in [-0.15, -0.1) is 22.7 Å². The highest BCUT2D eigenvalue weighted by atomic mass is 32.1. The maximum atomic E-state index is 13.8. The van der Waals surface area contributed by atoms with Gasteiger partial charge in [-0.1, -0.05) is 12.1 Å². The lowest BCUT2D eigenvalue weighted by Gasteiger charge is -2.18. The Morgan fingerprint density at radius 1 is 0.603 bits per heavy atom. The van der Waals surface area contributed by atoms with Crippen molar-refractivity contribution in [3.8, 4) is 11.5 Å². The van der Waals surface area contributed by atoms with Gasteiger partial charge in [0.2, 0.25) is 11.9 Å². The first-order valence-electron chi connectivity index (χ1n) is 22.5. The average Bonchev–Trinajstić information content (AvgIpc) is 4.10. The lowest BCUT2D eigenvalue weighted by atomic mass is 10.1. The monoisotopic (exact) mass is 1040 g/mol. The number of hydrogen-bond acceptors (Lipinski definition) is 17. The minimum atomic E-state index is -1.35. The molecule has 4 aromatic heterocycles. The Bertz CT molecular complexity index is 2860. The molecule has 73 heavy (non-hydrogen) atoms. The van der Waals surface area contributed by atoms with Gasteiger partial charge in [0.25, 0.3) is 23.6 Å². The number of rotatable bonds is 22. The number of thiophene rings is 2. The lowest BCUT2D eigenvalue weighted by Crippen LogP contribution is -2.49. The number of carbonyl (C=O) groups excluding carboxylic acids is 5. The zero-order chi connectivity index (χ0) is 53.2. The van der Waals surface area contributed by atoms with Crippen molar-refractivity contribution in [1.29, 1.82) is 0 Å². The second-order valence-electron chi connectivity index (χ2n) is 16.1. The molecule has 9 N–H and O–H groups in total. The molecule has 0 saturated heterocycles. The van der Waals surface area contributed by atoms with Crippen LogP contribution >= 0.6 is 22.7 Å². The molecule has 0 saturated carbocycles. The van der Waals surface area contributed by atoms with Gasteiger partial charge < -0.3 is 52.0 Å². The van der Waals surface area contributed by atoms with Crippen molar-refractivity contribution >= 4 is 70.1 Å². The van der Waals surface area contributed by atoms with Crippen molar-refractivity contribution in [2.75, 3.05) is 43.9 Å². The molecule has 0 aliphatic heterocycles. The number of methoxy groups -OCH3 is 1. The molecule has 0 aliphatic carbocycles. The maximum absolute atomic E-state index is 13.8. The fraction of sp³-hybridized carbons (Fsp3) is 0.306. The van der Waals surface area contributed by atoms with E-state index in [4.69, 9.17) is 4.74 Å². The molecule has 0 spiro atoms. The summed E-state index contributed by atoms with van der Waals surface area (Å²) in [5.41, 5.74) is 2.60. The Labute approximate surface area is 426 Å². The number of carboxylic acid groups (broad SMARTS) is 1. The van der Waals surface area contributed by atoms with Gasteiger partial charge in [0.1, 0.15) is 35.2 Å². The zero-order valence-electron chi connectivity index (χ0n) is 40.3. The Morgan fingerprint density at radius 2 is 1.00 bits per heavy atom. The van der Waals surface area contributed by atoms with Crippen molar-refractivity contribution in [2.24, 2.45) is 0 Å². The summed E-state index contributed by atoms with van der Waals surface area (Å²) in [7, 11) is 1.19. The van der Waals surface area contributed by atoms with E-state index < -0.39 is 47.6 Å². The van der Waals surface area contributed by atoms with Crippen LogP contribution in [0, 0.1) is 39.3 Å². The van der Waals surface area contributed by atoms with Gasteiger partial charge in [-0.25, -0.2) is 38.3 Å². The van der Waals surface area contributed by atoms with Gasteiger partial charge in [-0.05, 0) is 124 Å². The average molecular weight is 1050 g/mol. The Morgan fingerprint density at radius 3 is 1.37 bits per heavy atom. The number of aromatic hydroxyl groups is 2. The molecule has 386 valence electrons. The lowest BCUT2D eigenvalue weighted by molar-refractivity contribution is -0.142. The zero-order valence-corrected chi connectivity index (χ0v) is 41.9. The smallest absolute Gasteiger partial charge is 0.330 e. The molecule has 0 aliphatic rings. The van der Waals surface area contributed by atoms with E-state index in [1.54, 1.807) is 62.7 Å². The van der Waals surface area contributed by atoms with Crippen LogP contribution in [0.15, 0.2) is 71.4 Å². The molecule has 4 heterocycles. The number of nitrogens with one attached hydrogen (secondary N) is 6. The second kappa shape index (κ2) is 26.9. The number of halogens is 2. The predicted molar refractivity (Wildman–Crippen MR) is 268 cm³/mol. The summed E-state index contributed by atoms with van der Waals surface area (Å²) in [6.45, 7) is 6.89. The molecule has 6 rings (SSSR count). The number of phenols is 2. The van der Waals surface area contributed by atoms with E-state index in [1.165, 1.54) is 66.2 Å². The number of carboxylic acids is 1. The standard InChI is InChI=1S/C25H28FN5O5S.C24H26FN5O5S/c1-14-21(23(34)31-19(24(35)36-3)13-28-22(33)20-7-5-11-37-20)15(2)30-25(29-14)27-10-4-6-16-12-17(32)8-9-18(16)26;1-13-20(22(33)30-18(23(34)35)12-27-21(32)19-6-4-10-36-19)14(2)29-24(28-13)26-9-3-5-15-11-16(31)7-8-17(15)25/h5,7-9,11-12,19,32H,4,6,10,13H2,1-3H3,(H,28,33)(H,31,34)(H,27,29,30);4,6-8,10-11,18,31H,3,5,9,12H2,1-2H3,(H,27,32)(H,30,33)(H,34,35)(H,26,28,29)/t19-;18-/m00/s1. The number of aryl methyl sites for hydroxylation is 6. The number of benzene rings is 2. The summed E-state index contributed by atoms with van der Waals surface area (Å²) in [6, 6.07) is 12.0. The number of esters is 1. The molecule has 4 amide bonds. The Kier molecular flexibility index (Phi) is 20.6. The van der Waals surface area contributed by atoms with E-state index in [9.17, 15) is 52.9 Å². The number of anilines is 2. The molecule has 0 radical (unpaired) electrons. The second-order valence-corrected chi connectivity index (χ2v) is 18.0. The molecule has 0 fully saturated rings. The summed E-state index contributed by atoms with van der Waals surface area (Å²) in [6.07, 6.45) is 1.90. The first-order valence-corrected chi connectivity index (χ1v) is 24.3. The van der Waals surface area contributed by atoms with E-state index >= 15 is 0 Å². The quantitative estimate of drug-likeness (QED) is 0.0304. The molecule has 2 aromatic carbocycles. The van der Waals surface area contributed by atoms with Crippen LogP contribution in [-0.4, -0.2) is 116 Å². The van der Waals surface area contributed by atoms with Crippen LogP contribution in [0.4, 0.5) is 20.7 Å². The Balaban J connectivity index is 0.000000271. The van der Waals surface area contributed by atoms with Crippen molar-refractivity contribution in [3.63, 3.8) is 0 Å². The minimum absolute atomic E-state index is 0.00200. The Hall–Kier alpha value is -8.12. The third-order valence-electron chi connectivity index (χ3n) is 10.7. The van der Waals surface area contributed by atoms with Gasteiger partial charge in [0.05, 0.1) is 50.8 Å². The van der Waals surface area contributed by atoms with Crippen LogP contribution in [0.1, 0.15) is 86.8 Å². The van der Waals surface area contributed by atoms with Crippen LogP contribution < -0.4 is 31.9 Å². The highest BCUT2D eigenvalue weighted by Gasteiger charge is 2.27. The summed E-state index contributed by atoms with van der Waals surface area (Å²) < 4.78 is 32.4. The number of aliphatic carboxylic acids is 1. The van der Waals surface area contributed by atoms with Gasteiger partial charge in [-0.3, -0.25) is 19.2 Å². The summed E-state index contributed by atoms with van der Waals surface area (Å²) in [4.78, 5) is 92.1. The van der Waals surface area contributed by atoms with Crippen molar-refractivity contribution in [3.05, 3.63) is 138 Å². The number of carbonyl (C=O) groups is 6. The van der Waals surface area contributed by atoms with E-state index in [0.717, 1.165) is 0 Å². The topological polar surface area (TPSA) is 296 Å². The van der Waals surface area contributed by atoms with Crippen molar-refractivity contribution in [1.82, 2.24) is 41.2 Å². The van der Waals surface area contributed by atoms with Crippen LogP contribution in [0.2, 0.25) is 0 Å². The first-order chi connectivity index (χ1) is 34.8. The summed E-state index contributed by atoms with van der Waals surface area (Å²) in [5, 5.41) is 48.2. The van der Waals surface area contributed by atoms with E-state index in [1.807, 2.05) is 0 Å². The molecule has 2 atom stereocenters. The third kappa shape index (κ3) is 16.5. The molecular weight excluding hydrogens is 991 g/mol. The largest absolute Gasteiger partial charge is 0.508 e. The highest BCUT2D eigenvalue weighted by Crippen LogP contribution is 2.20. The number of nitrogens with zero attached hydrogens (tertiary/aromatic N) is 4. The van der Waals surface area contributed by atoms with Crippen molar-refractivity contribution in [2.45, 2.75) is 65.5 Å². The molecule has 6 aromatic rings. The van der Waals surface area contributed by atoms with Gasteiger partial charge >= 0.3 is 11.9 Å². The normalized spacial score (nSPS) is 11.5. The van der Waals surface area contributed by atoms with E-state index in [-0.39, 0.29) is 53.4 Å². The first kappa shape index (κ1) is 55.8. The van der Waals surface area contributed by atoms with Crippen molar-refractivity contribution < 1.29 is 57.6 Å². The third-order valence-corrected chi connectivity index (χ3v) is 12.4. The maximum Gasteiger partial charge on any atom is 0.330 e. The van der Waals surface area contributed by atoms with E-state index in [2.05, 4.69) is 51.8 Å². The molecule has 0 unspecified atom stereocenters. The number of hydrogen-bond donors (Lipinski definition) is 9. The molecular formula is C49H54F2N10O10S2. The summed E-state index contributed by atoms with van der Waals surface area (Å²) in [5.74, 6) is -4.25. The highest BCUT2D eigenvalue weighted by molar-refractivity contribution is 7.12. The molecule has 20 nitrogen and oxygen atoms in total. The fourth-order valence-electron chi connectivity index (χ4n) is 7.09. The number of phenolic OH excluding ortho intramolecular Hbond substituents is 2. The number of aromatic nitrogens is 4. The number of ether oxygens (including phenoxy) is 1. The van der Waals surface area contributed by atoms with E-state index in [0.29, 0.717) is 88.4 Å². The number of amides is 4. The van der Waals surface area contributed by atoms with Crippen LogP contribution in [0.25, 0.3) is 0 Å². The SMILES string of the molecule is COC(=O)[C@H](CNC(=O)c1cccs1)NC(=O)c1c(C)nc(NCCCc2cc(O)ccc2F)nc1C.Cc1nc(NCCCc2cc(O)ccc2F)nc(C)c1C(=O)N[C@@H](CNC(=O)c1cccs1)C(=O)O. The van der Waals surface area contributed by atoms with Crippen LogP contribution in [0.3, 0.4) is 0 Å². The minimum Gasteiger partial charge on any atom is -0.508 e. The van der Waals surface area contributed by atoms with Gasteiger partial charge in [0, 0.05) is 26.2 Å². The predicted octanol–water partition coefficient (Wildman–Crippen LogP) is 5.40. The molecule has 0 bridgehead atoms. The fourth-order valence-corrected chi connectivity index (χ4v) is 8.37. The summed E-state index contributed by atoms with van der Waals surface area (Å²) >= 11 is 2.47.